The lowest BCUT2D eigenvalue weighted by molar-refractivity contribution is -0.569. The molecule has 0 heterocycles. The molecule has 0 bridgehead atoms. The zero-order valence-electron chi connectivity index (χ0n) is 10.5. The van der Waals surface area contributed by atoms with E-state index in [-0.39, 0.29) is 0 Å². The fourth-order valence-corrected chi connectivity index (χ4v) is 1.68. The maximum absolute atomic E-state index is 8.68. The predicted molar refractivity (Wildman–Crippen MR) is 50.3 cm³/mol. The minimum absolute atomic E-state index is 0.733. The lowest BCUT2D eigenvalue weighted by atomic mass is 9.96. The number of nitrogens with zero attached hydrogens (tertiary/aromatic N) is 4. The Morgan fingerprint density at radius 1 is 0.500 bits per heavy atom. The third-order valence-corrected chi connectivity index (χ3v) is 2.33. The summed E-state index contributed by atoms with van der Waals surface area (Å²) in [5.74, 6) is 0. The lowest BCUT2D eigenvalue weighted by Crippen LogP contribution is -2.56. The SMILES string of the molecule is ON(O)OC1C=CC(ON(O)O)C(ON(O)O)C1ON(O)O. The third-order valence-electron chi connectivity index (χ3n) is 2.33. The zero-order chi connectivity index (χ0) is 16.9. The molecule has 16 nitrogen and oxygen atoms in total. The largest absolute Gasteiger partial charge is 0.266 e. The van der Waals surface area contributed by atoms with Gasteiger partial charge in [0.25, 0.3) is 0 Å². The third kappa shape index (κ3) is 6.07. The highest BCUT2D eigenvalue weighted by atomic mass is 17.1. The van der Waals surface area contributed by atoms with Crippen LogP contribution in [0.2, 0.25) is 0 Å². The van der Waals surface area contributed by atoms with Crippen LogP contribution in [0.25, 0.3) is 0 Å². The number of hydrogen-bond acceptors (Lipinski definition) is 16. The van der Waals surface area contributed by atoms with Crippen LogP contribution in [0, 0.1) is 0 Å². The molecule has 16 heteroatoms. The fraction of sp³-hybridized carbons (Fsp3) is 0.667. The van der Waals surface area contributed by atoms with Gasteiger partial charge in [0.1, 0.15) is 24.4 Å². The van der Waals surface area contributed by atoms with Crippen LogP contribution in [-0.4, -0.2) is 87.6 Å². The van der Waals surface area contributed by atoms with Crippen molar-refractivity contribution in [1.29, 1.82) is 0 Å². The Bertz CT molecular complexity index is 321. The van der Waals surface area contributed by atoms with Gasteiger partial charge in [-0.15, -0.1) is 0 Å². The molecule has 0 saturated heterocycles. The molecular formula is C6H14N4O12. The van der Waals surface area contributed by atoms with Gasteiger partial charge >= 0.3 is 0 Å². The zero-order valence-corrected chi connectivity index (χ0v) is 10.5. The minimum Gasteiger partial charge on any atom is -0.266 e. The van der Waals surface area contributed by atoms with Gasteiger partial charge in [0.15, 0.2) is 0 Å². The van der Waals surface area contributed by atoms with E-state index < -0.39 is 46.0 Å². The van der Waals surface area contributed by atoms with Gasteiger partial charge in [-0.1, -0.05) is 12.2 Å². The Morgan fingerprint density at radius 3 is 1.00 bits per heavy atom. The minimum atomic E-state index is -1.71. The molecule has 0 amide bonds. The first-order chi connectivity index (χ1) is 10.2. The van der Waals surface area contributed by atoms with E-state index in [4.69, 9.17) is 41.7 Å². The number of rotatable bonds is 8. The molecule has 0 spiro atoms. The van der Waals surface area contributed by atoms with Crippen LogP contribution in [0.5, 0.6) is 0 Å². The molecule has 0 fully saturated rings. The van der Waals surface area contributed by atoms with E-state index >= 15 is 0 Å². The summed E-state index contributed by atoms with van der Waals surface area (Å²) >= 11 is 0. The van der Waals surface area contributed by atoms with Crippen LogP contribution in [0.3, 0.4) is 0 Å². The van der Waals surface area contributed by atoms with Gasteiger partial charge < -0.3 is 0 Å². The summed E-state index contributed by atoms with van der Waals surface area (Å²) in [4.78, 5) is 17.6. The van der Waals surface area contributed by atoms with E-state index in [0.29, 0.717) is 0 Å². The predicted octanol–water partition coefficient (Wildman–Crippen LogP) is -1.92. The highest BCUT2D eigenvalue weighted by molar-refractivity contribution is 5.09. The van der Waals surface area contributed by atoms with Gasteiger partial charge in [-0.05, 0) is 0 Å². The van der Waals surface area contributed by atoms with Gasteiger partial charge in [0, 0.05) is 0 Å². The van der Waals surface area contributed by atoms with Crippen molar-refractivity contribution in [2.24, 2.45) is 0 Å². The van der Waals surface area contributed by atoms with Crippen LogP contribution < -0.4 is 0 Å². The molecule has 4 atom stereocenters. The first kappa shape index (κ1) is 19.1. The molecular weight excluding hydrogens is 320 g/mol. The topological polar surface area (TPSA) is 212 Å². The van der Waals surface area contributed by atoms with E-state index in [9.17, 15) is 0 Å². The monoisotopic (exact) mass is 334 g/mol. The Labute approximate surface area is 120 Å². The van der Waals surface area contributed by atoms with Gasteiger partial charge in [-0.3, -0.25) is 41.7 Å². The molecule has 130 valence electrons. The van der Waals surface area contributed by atoms with E-state index in [1.54, 1.807) is 0 Å². The Kier molecular flexibility index (Phi) is 7.54. The van der Waals surface area contributed by atoms with Crippen molar-refractivity contribution < 1.29 is 61.0 Å². The van der Waals surface area contributed by atoms with Crippen molar-refractivity contribution in [2.45, 2.75) is 24.4 Å². The average molecular weight is 334 g/mol. The summed E-state index contributed by atoms with van der Waals surface area (Å²) in [7, 11) is 0. The summed E-state index contributed by atoms with van der Waals surface area (Å²) < 4.78 is 0. The van der Waals surface area contributed by atoms with Crippen LogP contribution in [0.4, 0.5) is 0 Å². The van der Waals surface area contributed by atoms with Gasteiger partial charge in [0.2, 0.25) is 0 Å². The second kappa shape index (κ2) is 8.66. The van der Waals surface area contributed by atoms with Crippen LogP contribution in [0.1, 0.15) is 0 Å². The summed E-state index contributed by atoms with van der Waals surface area (Å²) in [6.07, 6.45) is -4.36. The van der Waals surface area contributed by atoms with Crippen molar-refractivity contribution in [3.63, 3.8) is 0 Å². The van der Waals surface area contributed by atoms with Crippen molar-refractivity contribution >= 4 is 0 Å². The Balaban J connectivity index is 3.01. The van der Waals surface area contributed by atoms with Gasteiger partial charge in [-0.25, -0.2) is 19.4 Å². The van der Waals surface area contributed by atoms with Gasteiger partial charge in [0.05, 0.1) is 21.6 Å². The summed E-state index contributed by atoms with van der Waals surface area (Å²) in [5, 5.41) is 66.1. The molecule has 0 aromatic rings. The maximum Gasteiger partial charge on any atom is 0.147 e. The standard InChI is InChI=1S/C6H14N4O12/c11-7(12)19-3-1-2-4(20-8(13)14)6(22-10(17)18)5(3)21-9(15)16/h1-6,11-18H. The summed E-state index contributed by atoms with van der Waals surface area (Å²) in [6.45, 7) is 0. The molecule has 8 N–H and O–H groups in total. The van der Waals surface area contributed by atoms with Crippen molar-refractivity contribution in [3.8, 4) is 0 Å². The Morgan fingerprint density at radius 2 is 0.773 bits per heavy atom. The van der Waals surface area contributed by atoms with E-state index in [1.807, 2.05) is 0 Å². The first-order valence-corrected chi connectivity index (χ1v) is 5.27. The smallest absolute Gasteiger partial charge is 0.147 e. The van der Waals surface area contributed by atoms with Crippen molar-refractivity contribution in [1.82, 2.24) is 21.6 Å². The molecule has 1 aliphatic carbocycles. The fourth-order valence-electron chi connectivity index (χ4n) is 1.68. The quantitative estimate of drug-likeness (QED) is 0.179. The molecule has 0 saturated carbocycles. The maximum atomic E-state index is 8.68. The molecule has 0 aromatic carbocycles. The second-order valence-corrected chi connectivity index (χ2v) is 3.68. The first-order valence-electron chi connectivity index (χ1n) is 5.27. The van der Waals surface area contributed by atoms with Crippen molar-refractivity contribution in [2.75, 3.05) is 0 Å². The van der Waals surface area contributed by atoms with Crippen molar-refractivity contribution in [3.05, 3.63) is 12.2 Å². The van der Waals surface area contributed by atoms with Crippen LogP contribution >= 0.6 is 0 Å². The summed E-state index contributed by atoms with van der Waals surface area (Å²) in [5.41, 5.74) is 0. The Hall–Kier alpha value is -0.900. The van der Waals surface area contributed by atoms with E-state index in [1.165, 1.54) is 0 Å². The molecule has 0 aliphatic heterocycles. The normalized spacial score (nSPS) is 29.3. The molecule has 4 unspecified atom stereocenters. The van der Waals surface area contributed by atoms with Crippen LogP contribution in [-0.2, 0) is 19.4 Å². The summed E-state index contributed by atoms with van der Waals surface area (Å²) in [6, 6.07) is 0. The van der Waals surface area contributed by atoms with E-state index in [0.717, 1.165) is 12.2 Å². The van der Waals surface area contributed by atoms with E-state index in [2.05, 4.69) is 19.4 Å². The van der Waals surface area contributed by atoms with Gasteiger partial charge in [-0.2, -0.15) is 0 Å². The lowest BCUT2D eigenvalue weighted by Gasteiger charge is -2.37. The highest BCUT2D eigenvalue weighted by Crippen LogP contribution is 2.25. The van der Waals surface area contributed by atoms with Crippen LogP contribution in [0.15, 0.2) is 12.2 Å². The number of hydrogen-bond donors (Lipinski definition) is 8. The highest BCUT2D eigenvalue weighted by Gasteiger charge is 2.44. The molecule has 1 rings (SSSR count). The molecule has 22 heavy (non-hydrogen) atoms. The second-order valence-electron chi connectivity index (χ2n) is 3.68. The molecule has 1 aliphatic rings. The molecule has 0 aromatic heterocycles. The molecule has 0 radical (unpaired) electrons. The average Bonchev–Trinajstić information content (AvgIpc) is 2.34.